The first kappa shape index (κ1) is 14.7. The normalized spacial score (nSPS) is 16.5. The Morgan fingerprint density at radius 3 is 1.94 bits per heavy atom. The van der Waals surface area contributed by atoms with Crippen LogP contribution in [0.5, 0.6) is 0 Å². The van der Waals surface area contributed by atoms with Crippen molar-refractivity contribution in [3.8, 4) is 12.1 Å². The molecule has 0 aromatic heterocycles. The number of nitrogens with zero attached hydrogens (tertiary/aromatic N) is 2. The quantitative estimate of drug-likeness (QED) is 0.570. The van der Waals surface area contributed by atoms with Gasteiger partial charge in [0.1, 0.15) is 6.07 Å². The van der Waals surface area contributed by atoms with Crippen LogP contribution in [0.2, 0.25) is 19.6 Å². The van der Waals surface area contributed by atoms with Crippen LogP contribution in [0.3, 0.4) is 0 Å². The Balaban J connectivity index is 5.44. The molecule has 0 fully saturated rings. The molecule has 88 valence electrons. The largest absolute Gasteiger partial charge is 0.434 e. The maximum absolute atomic E-state index is 12.7. The minimum atomic E-state index is -4.87. The van der Waals surface area contributed by atoms with E-state index in [0.29, 0.717) is 12.2 Å². The molecule has 0 bridgehead atoms. The molecule has 1 unspecified atom stereocenters. The predicted octanol–water partition coefficient (Wildman–Crippen LogP) is 2.74. The molecule has 0 aromatic rings. The summed E-state index contributed by atoms with van der Waals surface area (Å²) < 4.78 is 43.1. The monoisotopic (exact) mass is 248 g/mol. The van der Waals surface area contributed by atoms with E-state index in [1.807, 2.05) is 0 Å². The highest BCUT2D eigenvalue weighted by Crippen LogP contribution is 2.36. The van der Waals surface area contributed by atoms with E-state index in [0.717, 1.165) is 6.07 Å². The SMILES string of the molecule is C[Si](C)(C)OC(C#N)(/C=C/C#N)C(F)(F)F. The molecule has 7 heteroatoms. The molecule has 0 aliphatic rings. The highest BCUT2D eigenvalue weighted by molar-refractivity contribution is 6.69. The molecule has 0 aliphatic carbocycles. The molecular weight excluding hydrogens is 237 g/mol. The van der Waals surface area contributed by atoms with E-state index in [9.17, 15) is 13.2 Å². The standard InChI is InChI=1S/C9H11F3N2OSi/c1-16(2,3)15-8(7-14,5-4-6-13)9(10,11)12/h4-5H,1-3H3/b5-4+. The van der Waals surface area contributed by atoms with Crippen molar-refractivity contribution in [3.05, 3.63) is 12.2 Å². The molecule has 0 radical (unpaired) electrons. The second-order valence-electron chi connectivity index (χ2n) is 4.02. The fourth-order valence-electron chi connectivity index (χ4n) is 0.947. The number of alkyl halides is 3. The van der Waals surface area contributed by atoms with Gasteiger partial charge in [-0.15, -0.1) is 0 Å². The van der Waals surface area contributed by atoms with Crippen molar-refractivity contribution in [2.75, 3.05) is 0 Å². The van der Waals surface area contributed by atoms with Crippen LogP contribution < -0.4 is 0 Å². The van der Waals surface area contributed by atoms with Crippen LogP contribution in [-0.2, 0) is 4.43 Å². The molecule has 0 spiro atoms. The number of halogens is 3. The number of nitriles is 2. The Bertz CT molecular complexity index is 359. The highest BCUT2D eigenvalue weighted by Gasteiger charge is 2.57. The molecule has 16 heavy (non-hydrogen) atoms. The van der Waals surface area contributed by atoms with Gasteiger partial charge in [0, 0.05) is 6.08 Å². The molecule has 0 rings (SSSR count). The van der Waals surface area contributed by atoms with Gasteiger partial charge in [0.05, 0.1) is 6.07 Å². The van der Waals surface area contributed by atoms with Gasteiger partial charge in [0.25, 0.3) is 5.60 Å². The van der Waals surface area contributed by atoms with E-state index in [2.05, 4.69) is 0 Å². The molecule has 3 nitrogen and oxygen atoms in total. The number of rotatable bonds is 3. The lowest BCUT2D eigenvalue weighted by atomic mass is 10.1. The van der Waals surface area contributed by atoms with Crippen molar-refractivity contribution in [2.45, 2.75) is 31.4 Å². The number of allylic oxidation sites excluding steroid dienone is 1. The lowest BCUT2D eigenvalue weighted by molar-refractivity contribution is -0.210. The van der Waals surface area contributed by atoms with Gasteiger partial charge in [-0.25, -0.2) is 0 Å². The first-order valence-corrected chi connectivity index (χ1v) is 7.74. The summed E-state index contributed by atoms with van der Waals surface area (Å²) in [5.41, 5.74) is -3.02. The third-order valence-electron chi connectivity index (χ3n) is 1.45. The summed E-state index contributed by atoms with van der Waals surface area (Å²) in [6.45, 7) is 4.60. The van der Waals surface area contributed by atoms with Gasteiger partial charge in [-0.1, -0.05) is 0 Å². The summed E-state index contributed by atoms with van der Waals surface area (Å²) in [4.78, 5) is 0. The Kier molecular flexibility index (Phi) is 4.30. The fourth-order valence-corrected chi connectivity index (χ4v) is 2.14. The molecule has 0 aliphatic heterocycles. The molecule has 0 amide bonds. The highest BCUT2D eigenvalue weighted by atomic mass is 28.4. The number of hydrogen-bond acceptors (Lipinski definition) is 3. The van der Waals surface area contributed by atoms with Gasteiger partial charge in [-0.3, -0.25) is 0 Å². The van der Waals surface area contributed by atoms with Crippen LogP contribution in [0.15, 0.2) is 12.2 Å². The summed E-state index contributed by atoms with van der Waals surface area (Å²) in [5.74, 6) is 0. The van der Waals surface area contributed by atoms with Crippen LogP contribution >= 0.6 is 0 Å². The zero-order valence-electron chi connectivity index (χ0n) is 9.09. The maximum Gasteiger partial charge on any atom is 0.434 e. The second-order valence-corrected chi connectivity index (χ2v) is 8.45. The summed E-state index contributed by atoms with van der Waals surface area (Å²) in [5, 5.41) is 16.9. The lowest BCUT2D eigenvalue weighted by Gasteiger charge is -2.32. The predicted molar refractivity (Wildman–Crippen MR) is 53.6 cm³/mol. The van der Waals surface area contributed by atoms with Crippen molar-refractivity contribution in [1.82, 2.24) is 0 Å². The second kappa shape index (κ2) is 4.68. The van der Waals surface area contributed by atoms with Crippen molar-refractivity contribution >= 4 is 8.32 Å². The van der Waals surface area contributed by atoms with Gasteiger partial charge in [-0.05, 0) is 25.7 Å². The average Bonchev–Trinajstić information content (AvgIpc) is 2.08. The molecule has 0 saturated heterocycles. The molecule has 1 atom stereocenters. The first-order valence-electron chi connectivity index (χ1n) is 4.33. The van der Waals surface area contributed by atoms with Gasteiger partial charge in [-0.2, -0.15) is 23.7 Å². The minimum Gasteiger partial charge on any atom is -0.390 e. The molecule has 0 saturated carbocycles. The van der Waals surface area contributed by atoms with Gasteiger partial charge in [0.15, 0.2) is 8.32 Å². The van der Waals surface area contributed by atoms with Crippen molar-refractivity contribution in [1.29, 1.82) is 10.5 Å². The van der Waals surface area contributed by atoms with Crippen LogP contribution in [0.1, 0.15) is 0 Å². The van der Waals surface area contributed by atoms with E-state index >= 15 is 0 Å². The molecule has 0 N–H and O–H groups in total. The van der Waals surface area contributed by atoms with Gasteiger partial charge >= 0.3 is 6.18 Å². The third kappa shape index (κ3) is 3.68. The Morgan fingerprint density at radius 2 is 1.69 bits per heavy atom. The van der Waals surface area contributed by atoms with Gasteiger partial charge < -0.3 is 4.43 Å². The van der Waals surface area contributed by atoms with E-state index < -0.39 is 20.1 Å². The van der Waals surface area contributed by atoms with E-state index in [4.69, 9.17) is 14.9 Å². The topological polar surface area (TPSA) is 56.8 Å². The Hall–Kier alpha value is -1.31. The smallest absolute Gasteiger partial charge is 0.390 e. The van der Waals surface area contributed by atoms with E-state index in [-0.39, 0.29) is 0 Å². The third-order valence-corrected chi connectivity index (χ3v) is 2.38. The molecular formula is C9H11F3N2OSi. The Labute approximate surface area is 92.9 Å². The summed E-state index contributed by atoms with van der Waals surface area (Å²) in [7, 11) is -2.58. The van der Waals surface area contributed by atoms with Gasteiger partial charge in [0.2, 0.25) is 0 Å². The van der Waals surface area contributed by atoms with Crippen LogP contribution in [0.25, 0.3) is 0 Å². The maximum atomic E-state index is 12.7. The van der Waals surface area contributed by atoms with Crippen LogP contribution in [0.4, 0.5) is 13.2 Å². The zero-order valence-corrected chi connectivity index (χ0v) is 10.1. The van der Waals surface area contributed by atoms with Crippen LogP contribution in [-0.4, -0.2) is 20.1 Å². The minimum absolute atomic E-state index is 0.450. The molecule has 0 heterocycles. The summed E-state index contributed by atoms with van der Waals surface area (Å²) in [6.07, 6.45) is -3.81. The van der Waals surface area contributed by atoms with Crippen molar-refractivity contribution < 1.29 is 17.6 Å². The zero-order chi connectivity index (χ0) is 13.0. The number of hydrogen-bond donors (Lipinski definition) is 0. The summed E-state index contributed by atoms with van der Waals surface area (Å²) in [6, 6.07) is 2.52. The molecule has 0 aromatic carbocycles. The average molecular weight is 248 g/mol. The van der Waals surface area contributed by atoms with Crippen molar-refractivity contribution in [3.63, 3.8) is 0 Å². The first-order chi connectivity index (χ1) is 7.08. The van der Waals surface area contributed by atoms with E-state index in [1.54, 1.807) is 0 Å². The Morgan fingerprint density at radius 1 is 1.19 bits per heavy atom. The fraction of sp³-hybridized carbons (Fsp3) is 0.556. The van der Waals surface area contributed by atoms with Crippen LogP contribution in [0, 0.1) is 22.7 Å². The van der Waals surface area contributed by atoms with Crippen molar-refractivity contribution in [2.24, 2.45) is 0 Å². The summed E-state index contributed by atoms with van der Waals surface area (Å²) >= 11 is 0. The van der Waals surface area contributed by atoms with E-state index in [1.165, 1.54) is 25.7 Å². The lowest BCUT2D eigenvalue weighted by Crippen LogP contribution is -2.50.